The molecule has 1 N–H and O–H groups in total. The predicted molar refractivity (Wildman–Crippen MR) is 88.2 cm³/mol. The number of carbonyl (C=O) groups excluding carboxylic acids is 2. The van der Waals surface area contributed by atoms with Gasteiger partial charge in [0, 0.05) is 32.5 Å². The summed E-state index contributed by atoms with van der Waals surface area (Å²) in [4.78, 5) is 25.8. The van der Waals surface area contributed by atoms with Gasteiger partial charge in [-0.2, -0.15) is 0 Å². The summed E-state index contributed by atoms with van der Waals surface area (Å²) < 4.78 is 24.1. The molecule has 1 aromatic rings. The Kier molecular flexibility index (Phi) is 5.65. The number of carbonyl (C=O) groups is 2. The Morgan fingerprint density at radius 2 is 1.76 bits per heavy atom. The quantitative estimate of drug-likeness (QED) is 0.812. The Bertz CT molecular complexity index is 604. The van der Waals surface area contributed by atoms with Crippen molar-refractivity contribution >= 4 is 11.8 Å². The largest absolute Gasteiger partial charge is 0.355 e. The van der Waals surface area contributed by atoms with Crippen LogP contribution in [0.25, 0.3) is 0 Å². The van der Waals surface area contributed by atoms with Crippen LogP contribution in [0.15, 0.2) is 24.3 Å². The highest BCUT2D eigenvalue weighted by Gasteiger charge is 2.40. The number of hydrogen-bond donors (Lipinski definition) is 1. The lowest BCUT2D eigenvalue weighted by molar-refractivity contribution is -0.187. The highest BCUT2D eigenvalue weighted by Crippen LogP contribution is 2.31. The summed E-state index contributed by atoms with van der Waals surface area (Å²) in [5.41, 5.74) is 0.936. The van der Waals surface area contributed by atoms with Gasteiger partial charge in [-0.1, -0.05) is 12.1 Å². The minimum Gasteiger partial charge on any atom is -0.355 e. The van der Waals surface area contributed by atoms with Crippen molar-refractivity contribution in [3.63, 3.8) is 0 Å². The summed E-state index contributed by atoms with van der Waals surface area (Å²) in [5, 5.41) is 2.73. The summed E-state index contributed by atoms with van der Waals surface area (Å²) in [6.45, 7) is 2.71. The first kappa shape index (κ1) is 17.8. The zero-order chi connectivity index (χ0) is 17.7. The second-order valence-corrected chi connectivity index (χ2v) is 6.39. The third-order valence-corrected chi connectivity index (χ3v) is 4.65. The fourth-order valence-electron chi connectivity index (χ4n) is 3.19. The minimum absolute atomic E-state index is 0.155. The van der Waals surface area contributed by atoms with Gasteiger partial charge in [-0.15, -0.1) is 0 Å². The molecule has 2 fully saturated rings. The van der Waals surface area contributed by atoms with Gasteiger partial charge in [-0.3, -0.25) is 9.59 Å². The first-order valence-corrected chi connectivity index (χ1v) is 8.63. The molecule has 136 valence electrons. The molecule has 2 saturated heterocycles. The van der Waals surface area contributed by atoms with Crippen LogP contribution in [-0.2, 0) is 25.5 Å². The average Bonchev–Trinajstić information content (AvgIpc) is 3.05. The van der Waals surface area contributed by atoms with Crippen LogP contribution in [0.3, 0.4) is 0 Å². The van der Waals surface area contributed by atoms with Gasteiger partial charge in [-0.25, -0.2) is 4.39 Å². The molecule has 1 aromatic carbocycles. The number of halogens is 1. The van der Waals surface area contributed by atoms with E-state index in [9.17, 15) is 14.0 Å². The zero-order valence-electron chi connectivity index (χ0n) is 14.1. The molecule has 0 aliphatic carbocycles. The monoisotopic (exact) mass is 350 g/mol. The molecule has 0 saturated carbocycles. The molecule has 25 heavy (non-hydrogen) atoms. The van der Waals surface area contributed by atoms with Crippen molar-refractivity contribution in [1.82, 2.24) is 10.2 Å². The van der Waals surface area contributed by atoms with Gasteiger partial charge in [0.25, 0.3) is 0 Å². The number of amides is 2. The van der Waals surface area contributed by atoms with E-state index in [4.69, 9.17) is 9.47 Å². The molecule has 0 atom stereocenters. The van der Waals surface area contributed by atoms with Crippen LogP contribution in [-0.4, -0.2) is 55.3 Å². The molecule has 0 bridgehead atoms. The molecule has 6 nitrogen and oxygen atoms in total. The van der Waals surface area contributed by atoms with Crippen LogP contribution < -0.4 is 5.32 Å². The van der Waals surface area contributed by atoms with E-state index in [0.29, 0.717) is 52.1 Å². The first-order chi connectivity index (χ1) is 12.1. The molecule has 0 unspecified atom stereocenters. The Labute approximate surface area is 146 Å². The van der Waals surface area contributed by atoms with Gasteiger partial charge in [0.2, 0.25) is 11.8 Å². The summed E-state index contributed by atoms with van der Waals surface area (Å²) in [7, 11) is 0. The number of hydrogen-bond acceptors (Lipinski definition) is 4. The van der Waals surface area contributed by atoms with E-state index in [0.717, 1.165) is 5.56 Å². The van der Waals surface area contributed by atoms with E-state index >= 15 is 0 Å². The fraction of sp³-hybridized carbons (Fsp3) is 0.556. The summed E-state index contributed by atoms with van der Waals surface area (Å²) in [6.07, 6.45) is 1.73. The highest BCUT2D eigenvalue weighted by molar-refractivity contribution is 5.96. The third kappa shape index (κ3) is 4.76. The van der Waals surface area contributed by atoms with Crippen LogP contribution in [0, 0.1) is 5.82 Å². The van der Waals surface area contributed by atoms with E-state index in [1.54, 1.807) is 17.0 Å². The number of likely N-dealkylation sites (tertiary alicyclic amines) is 1. The van der Waals surface area contributed by atoms with E-state index in [2.05, 4.69) is 5.32 Å². The molecular formula is C18H23FN2O4. The Morgan fingerprint density at radius 1 is 1.12 bits per heavy atom. The van der Waals surface area contributed by atoms with Gasteiger partial charge >= 0.3 is 0 Å². The second kappa shape index (κ2) is 7.93. The second-order valence-electron chi connectivity index (χ2n) is 6.39. The summed E-state index contributed by atoms with van der Waals surface area (Å²) in [6, 6.07) is 6.15. The van der Waals surface area contributed by atoms with E-state index < -0.39 is 5.79 Å². The summed E-state index contributed by atoms with van der Waals surface area (Å²) >= 11 is 0. The maximum absolute atomic E-state index is 12.8. The van der Waals surface area contributed by atoms with Gasteiger partial charge < -0.3 is 19.7 Å². The number of piperidine rings is 1. The smallest absolute Gasteiger partial charge is 0.232 e. The Morgan fingerprint density at radius 3 is 2.40 bits per heavy atom. The lowest BCUT2D eigenvalue weighted by atomic mass is 10.0. The number of benzene rings is 1. The predicted octanol–water partition coefficient (Wildman–Crippen LogP) is 1.24. The minimum atomic E-state index is -0.520. The van der Waals surface area contributed by atoms with Crippen LogP contribution >= 0.6 is 0 Å². The maximum Gasteiger partial charge on any atom is 0.232 e. The van der Waals surface area contributed by atoms with E-state index in [1.165, 1.54) is 12.1 Å². The van der Waals surface area contributed by atoms with Crippen LogP contribution in [0.5, 0.6) is 0 Å². The highest BCUT2D eigenvalue weighted by atomic mass is 19.1. The standard InChI is InChI=1S/C18H23FN2O4/c19-15-3-1-14(2-4-15)5-8-20-16(22)13-17(23)21-9-6-18(7-10-21)24-11-12-25-18/h1-4H,5-13H2,(H,20,22). The van der Waals surface area contributed by atoms with Crippen molar-refractivity contribution in [2.45, 2.75) is 31.5 Å². The van der Waals surface area contributed by atoms with Crippen molar-refractivity contribution in [1.29, 1.82) is 0 Å². The van der Waals surface area contributed by atoms with Gasteiger partial charge in [-0.05, 0) is 24.1 Å². The lowest BCUT2D eigenvalue weighted by Gasteiger charge is -2.37. The van der Waals surface area contributed by atoms with Crippen LogP contribution in [0.1, 0.15) is 24.8 Å². The van der Waals surface area contributed by atoms with Crippen molar-refractivity contribution in [2.75, 3.05) is 32.8 Å². The molecule has 2 aliphatic rings. The number of ether oxygens (including phenoxy) is 2. The SMILES string of the molecule is O=C(CC(=O)N1CCC2(CC1)OCCO2)NCCc1ccc(F)cc1. The van der Waals surface area contributed by atoms with Crippen molar-refractivity contribution in [3.05, 3.63) is 35.6 Å². The molecule has 0 radical (unpaired) electrons. The topological polar surface area (TPSA) is 67.9 Å². The molecular weight excluding hydrogens is 327 g/mol. The molecule has 2 aliphatic heterocycles. The molecule has 3 rings (SSSR count). The molecule has 0 aromatic heterocycles. The fourth-order valence-corrected chi connectivity index (χ4v) is 3.19. The lowest BCUT2D eigenvalue weighted by Crippen LogP contribution is -2.48. The number of nitrogens with zero attached hydrogens (tertiary/aromatic N) is 1. The van der Waals surface area contributed by atoms with Crippen molar-refractivity contribution in [3.8, 4) is 0 Å². The molecule has 2 amide bonds. The van der Waals surface area contributed by atoms with Gasteiger partial charge in [0.05, 0.1) is 13.2 Å². The van der Waals surface area contributed by atoms with Crippen LogP contribution in [0.4, 0.5) is 4.39 Å². The number of nitrogens with one attached hydrogen (secondary N) is 1. The Hall–Kier alpha value is -1.99. The van der Waals surface area contributed by atoms with Gasteiger partial charge in [0.1, 0.15) is 12.2 Å². The first-order valence-electron chi connectivity index (χ1n) is 8.63. The zero-order valence-corrected chi connectivity index (χ0v) is 14.1. The van der Waals surface area contributed by atoms with Crippen molar-refractivity contribution < 1.29 is 23.5 Å². The van der Waals surface area contributed by atoms with Crippen molar-refractivity contribution in [2.24, 2.45) is 0 Å². The maximum atomic E-state index is 12.8. The molecule has 1 spiro atoms. The molecule has 2 heterocycles. The average molecular weight is 350 g/mol. The summed E-state index contributed by atoms with van der Waals surface area (Å²) in [5.74, 6) is -1.27. The Balaban J connectivity index is 1.36. The number of rotatable bonds is 5. The third-order valence-electron chi connectivity index (χ3n) is 4.65. The molecule has 7 heteroatoms. The van der Waals surface area contributed by atoms with Crippen LogP contribution in [0.2, 0.25) is 0 Å². The van der Waals surface area contributed by atoms with Gasteiger partial charge in [0.15, 0.2) is 5.79 Å². The van der Waals surface area contributed by atoms with E-state index in [1.807, 2.05) is 0 Å². The van der Waals surface area contributed by atoms with E-state index in [-0.39, 0.29) is 24.1 Å². The normalized spacial score (nSPS) is 19.2.